The van der Waals surface area contributed by atoms with Gasteiger partial charge < -0.3 is 15.0 Å². The molecule has 1 aliphatic carbocycles. The lowest BCUT2D eigenvalue weighted by molar-refractivity contribution is 0.413. The number of methoxy groups -OCH3 is 1. The average Bonchev–Trinajstić information content (AvgIpc) is 3.43. The van der Waals surface area contributed by atoms with Crippen LogP contribution in [0.5, 0.6) is 5.75 Å². The summed E-state index contributed by atoms with van der Waals surface area (Å²) < 4.78 is 5.66. The second-order valence-corrected chi connectivity index (χ2v) is 6.16. The van der Waals surface area contributed by atoms with Crippen molar-refractivity contribution in [1.29, 1.82) is 0 Å². The number of rotatable bonds is 8. The minimum atomic E-state index is 0.728. The first-order chi connectivity index (χ1) is 11.3. The van der Waals surface area contributed by atoms with Gasteiger partial charge in [0.15, 0.2) is 0 Å². The molecule has 0 unspecified atom stereocenters. The lowest BCUT2D eigenvalue weighted by Crippen LogP contribution is -2.23. The highest BCUT2D eigenvalue weighted by molar-refractivity contribution is 5.60. The van der Waals surface area contributed by atoms with Gasteiger partial charge in [-0.25, -0.2) is 0 Å². The fraction of sp³-hybridized carbons (Fsp3) is 0.400. The van der Waals surface area contributed by atoms with Crippen molar-refractivity contribution in [3.05, 3.63) is 59.7 Å². The molecule has 0 heterocycles. The molecule has 0 spiro atoms. The van der Waals surface area contributed by atoms with Gasteiger partial charge in [0, 0.05) is 25.7 Å². The molecule has 0 atom stereocenters. The van der Waals surface area contributed by atoms with E-state index in [0.29, 0.717) is 0 Å². The molecule has 0 aliphatic heterocycles. The second-order valence-electron chi connectivity index (χ2n) is 6.16. The summed E-state index contributed by atoms with van der Waals surface area (Å²) in [6.45, 7) is 4.95. The zero-order valence-electron chi connectivity index (χ0n) is 14.1. The quantitative estimate of drug-likeness (QED) is 0.798. The maximum Gasteiger partial charge on any atom is 0.142 e. The van der Waals surface area contributed by atoms with Crippen molar-refractivity contribution < 1.29 is 4.74 Å². The highest BCUT2D eigenvalue weighted by atomic mass is 16.5. The summed E-state index contributed by atoms with van der Waals surface area (Å²) in [5.41, 5.74) is 3.76. The van der Waals surface area contributed by atoms with E-state index < -0.39 is 0 Å². The van der Waals surface area contributed by atoms with Gasteiger partial charge in [-0.1, -0.05) is 36.4 Å². The van der Waals surface area contributed by atoms with Crippen molar-refractivity contribution in [2.24, 2.45) is 0 Å². The molecule has 1 fully saturated rings. The molecular formula is C20H26N2O. The van der Waals surface area contributed by atoms with Gasteiger partial charge >= 0.3 is 0 Å². The Morgan fingerprint density at radius 3 is 2.52 bits per heavy atom. The van der Waals surface area contributed by atoms with Crippen LogP contribution in [0.4, 0.5) is 5.69 Å². The summed E-state index contributed by atoms with van der Waals surface area (Å²) in [6, 6.07) is 17.9. The minimum Gasteiger partial charge on any atom is -0.495 e. The first-order valence-electron chi connectivity index (χ1n) is 8.49. The van der Waals surface area contributed by atoms with Crippen LogP contribution in [0.1, 0.15) is 30.9 Å². The van der Waals surface area contributed by atoms with Gasteiger partial charge in [0.1, 0.15) is 5.75 Å². The van der Waals surface area contributed by atoms with E-state index >= 15 is 0 Å². The van der Waals surface area contributed by atoms with Crippen LogP contribution in [0, 0.1) is 0 Å². The average molecular weight is 310 g/mol. The number of hydrogen-bond acceptors (Lipinski definition) is 3. The summed E-state index contributed by atoms with van der Waals surface area (Å²) >= 11 is 0. The van der Waals surface area contributed by atoms with Crippen molar-refractivity contribution in [2.45, 2.75) is 38.9 Å². The number of nitrogens with zero attached hydrogens (tertiary/aromatic N) is 1. The number of ether oxygens (including phenoxy) is 1. The molecule has 0 aromatic heterocycles. The Morgan fingerprint density at radius 1 is 1.09 bits per heavy atom. The zero-order valence-corrected chi connectivity index (χ0v) is 14.1. The molecule has 23 heavy (non-hydrogen) atoms. The third-order valence-electron chi connectivity index (χ3n) is 4.36. The fourth-order valence-electron chi connectivity index (χ4n) is 2.81. The van der Waals surface area contributed by atoms with E-state index in [-0.39, 0.29) is 0 Å². The van der Waals surface area contributed by atoms with Crippen LogP contribution < -0.4 is 15.0 Å². The van der Waals surface area contributed by atoms with Crippen LogP contribution >= 0.6 is 0 Å². The van der Waals surface area contributed by atoms with Crippen LogP contribution in [0.2, 0.25) is 0 Å². The van der Waals surface area contributed by atoms with Gasteiger partial charge in [0.05, 0.1) is 12.8 Å². The van der Waals surface area contributed by atoms with Crippen LogP contribution in [-0.2, 0) is 13.1 Å². The molecule has 122 valence electrons. The predicted octanol–water partition coefficient (Wildman–Crippen LogP) is 3.97. The molecule has 1 aliphatic rings. The molecule has 3 rings (SSSR count). The number of benzene rings is 2. The lowest BCUT2D eigenvalue weighted by atomic mass is 10.1. The third-order valence-corrected chi connectivity index (χ3v) is 4.36. The van der Waals surface area contributed by atoms with E-state index in [1.807, 2.05) is 0 Å². The fourth-order valence-corrected chi connectivity index (χ4v) is 2.81. The Balaban J connectivity index is 1.75. The number of nitrogens with one attached hydrogen (secondary N) is 1. The Labute approximate surface area is 139 Å². The SMILES string of the molecule is CCN(Cc1ccccc1)c1ccc(CNC2CC2)cc1OC. The Bertz CT molecular complexity index is 623. The standard InChI is InChI=1S/C20H26N2O/c1-3-22(15-16-7-5-4-6-8-16)19-12-9-17(13-20(19)23-2)14-21-18-10-11-18/h4-9,12-13,18,21H,3,10-11,14-15H2,1-2H3. The minimum absolute atomic E-state index is 0.728. The van der Waals surface area contributed by atoms with Gasteiger partial charge in [-0.15, -0.1) is 0 Å². The van der Waals surface area contributed by atoms with Crippen molar-refractivity contribution >= 4 is 5.69 Å². The van der Waals surface area contributed by atoms with E-state index in [1.54, 1.807) is 7.11 Å². The number of hydrogen-bond donors (Lipinski definition) is 1. The summed E-state index contributed by atoms with van der Waals surface area (Å²) in [5, 5.41) is 3.56. The van der Waals surface area contributed by atoms with Crippen molar-refractivity contribution in [2.75, 3.05) is 18.6 Å². The Kier molecular flexibility index (Phi) is 5.19. The van der Waals surface area contributed by atoms with E-state index in [2.05, 4.69) is 65.7 Å². The largest absolute Gasteiger partial charge is 0.495 e. The van der Waals surface area contributed by atoms with Crippen molar-refractivity contribution in [3.63, 3.8) is 0 Å². The van der Waals surface area contributed by atoms with Crippen molar-refractivity contribution in [1.82, 2.24) is 5.32 Å². The second kappa shape index (κ2) is 7.51. The molecular weight excluding hydrogens is 284 g/mol. The highest BCUT2D eigenvalue weighted by Crippen LogP contribution is 2.31. The predicted molar refractivity (Wildman–Crippen MR) is 96.0 cm³/mol. The highest BCUT2D eigenvalue weighted by Gasteiger charge is 2.20. The molecule has 0 bridgehead atoms. The smallest absolute Gasteiger partial charge is 0.142 e. The van der Waals surface area contributed by atoms with Gasteiger partial charge in [-0.05, 0) is 43.0 Å². The van der Waals surface area contributed by atoms with E-state index in [1.165, 1.54) is 24.0 Å². The van der Waals surface area contributed by atoms with Gasteiger partial charge in [-0.3, -0.25) is 0 Å². The molecule has 3 nitrogen and oxygen atoms in total. The van der Waals surface area contributed by atoms with Gasteiger partial charge in [-0.2, -0.15) is 0 Å². The van der Waals surface area contributed by atoms with Gasteiger partial charge in [0.2, 0.25) is 0 Å². The van der Waals surface area contributed by atoms with Crippen LogP contribution in [0.3, 0.4) is 0 Å². The first-order valence-corrected chi connectivity index (χ1v) is 8.49. The van der Waals surface area contributed by atoms with Crippen LogP contribution in [0.25, 0.3) is 0 Å². The summed E-state index contributed by atoms with van der Waals surface area (Å²) in [7, 11) is 1.76. The summed E-state index contributed by atoms with van der Waals surface area (Å²) in [5.74, 6) is 0.956. The maximum absolute atomic E-state index is 5.66. The zero-order chi connectivity index (χ0) is 16.1. The third kappa shape index (κ3) is 4.26. The molecule has 2 aromatic rings. The monoisotopic (exact) mass is 310 g/mol. The van der Waals surface area contributed by atoms with E-state index in [9.17, 15) is 0 Å². The normalized spacial score (nSPS) is 13.8. The Morgan fingerprint density at radius 2 is 1.87 bits per heavy atom. The van der Waals surface area contributed by atoms with Gasteiger partial charge in [0.25, 0.3) is 0 Å². The van der Waals surface area contributed by atoms with Crippen LogP contribution in [0.15, 0.2) is 48.5 Å². The number of anilines is 1. The topological polar surface area (TPSA) is 24.5 Å². The summed E-state index contributed by atoms with van der Waals surface area (Å²) in [6.07, 6.45) is 2.63. The van der Waals surface area contributed by atoms with E-state index in [4.69, 9.17) is 4.74 Å². The lowest BCUT2D eigenvalue weighted by Gasteiger charge is -2.25. The molecule has 3 heteroatoms. The molecule has 1 N–H and O–H groups in total. The molecule has 1 saturated carbocycles. The molecule has 0 amide bonds. The Hall–Kier alpha value is -2.00. The molecule has 2 aromatic carbocycles. The van der Waals surface area contributed by atoms with Crippen LogP contribution in [-0.4, -0.2) is 19.7 Å². The molecule has 0 saturated heterocycles. The molecule has 0 radical (unpaired) electrons. The first kappa shape index (κ1) is 15.9. The van der Waals surface area contributed by atoms with Crippen molar-refractivity contribution in [3.8, 4) is 5.75 Å². The van der Waals surface area contributed by atoms with E-state index in [0.717, 1.165) is 37.1 Å². The maximum atomic E-state index is 5.66. The summed E-state index contributed by atoms with van der Waals surface area (Å²) in [4.78, 5) is 2.35.